The van der Waals surface area contributed by atoms with Gasteiger partial charge in [-0.2, -0.15) is 5.26 Å². The lowest BCUT2D eigenvalue weighted by atomic mass is 10.2. The predicted octanol–water partition coefficient (Wildman–Crippen LogP) is 2.30. The lowest BCUT2D eigenvalue weighted by molar-refractivity contribution is 0.412. The van der Waals surface area contributed by atoms with Crippen molar-refractivity contribution in [1.82, 2.24) is 4.98 Å². The van der Waals surface area contributed by atoms with Crippen LogP contribution in [0.3, 0.4) is 0 Å². The molecule has 0 amide bonds. The molecule has 0 unspecified atom stereocenters. The Kier molecular flexibility index (Phi) is 5.29. The minimum absolute atomic E-state index is 0.450. The summed E-state index contributed by atoms with van der Waals surface area (Å²) in [7, 11) is 1.57. The quantitative estimate of drug-likeness (QED) is 0.662. The summed E-state index contributed by atoms with van der Waals surface area (Å²) >= 11 is 0. The zero-order chi connectivity index (χ0) is 10.3. The summed E-state index contributed by atoms with van der Waals surface area (Å²) in [5.74, 6) is 0.682. The number of rotatable bonds is 1. The van der Waals surface area contributed by atoms with Crippen molar-refractivity contribution >= 4 is 0 Å². The molecule has 0 fully saturated rings. The summed E-state index contributed by atoms with van der Waals surface area (Å²) < 4.78 is 4.92. The van der Waals surface area contributed by atoms with E-state index in [-0.39, 0.29) is 0 Å². The Labute approximate surface area is 79.0 Å². The molecule has 70 valence electrons. The number of pyridine rings is 1. The predicted molar refractivity (Wildman–Crippen MR) is 51.6 cm³/mol. The molecule has 3 nitrogen and oxygen atoms in total. The van der Waals surface area contributed by atoms with E-state index in [1.165, 1.54) is 6.20 Å². The van der Waals surface area contributed by atoms with Gasteiger partial charge in [0.15, 0.2) is 0 Å². The average Bonchev–Trinajstić information content (AvgIpc) is 2.20. The zero-order valence-corrected chi connectivity index (χ0v) is 8.46. The first-order valence-electron chi connectivity index (χ1n) is 4.18. The number of ether oxygens (including phenoxy) is 1. The van der Waals surface area contributed by atoms with Crippen molar-refractivity contribution in [2.24, 2.45) is 0 Å². The van der Waals surface area contributed by atoms with Crippen molar-refractivity contribution < 1.29 is 4.74 Å². The van der Waals surface area contributed by atoms with Crippen molar-refractivity contribution in [3.8, 4) is 11.8 Å². The molecule has 0 saturated heterocycles. The Morgan fingerprint density at radius 2 is 2.08 bits per heavy atom. The minimum atomic E-state index is 0.450. The first-order valence-corrected chi connectivity index (χ1v) is 4.18. The highest BCUT2D eigenvalue weighted by Gasteiger charge is 1.98. The fourth-order valence-corrected chi connectivity index (χ4v) is 0.778. The zero-order valence-electron chi connectivity index (χ0n) is 8.46. The number of nitrogens with zero attached hydrogens (tertiary/aromatic N) is 2. The summed E-state index contributed by atoms with van der Waals surface area (Å²) in [6.45, 7) is 5.83. The normalized spacial score (nSPS) is 7.92. The van der Waals surface area contributed by atoms with Crippen molar-refractivity contribution in [3.63, 3.8) is 0 Å². The SMILES string of the molecule is CC.COc1cnc(C#N)c(C)c1. The van der Waals surface area contributed by atoms with E-state index in [9.17, 15) is 0 Å². The van der Waals surface area contributed by atoms with Gasteiger partial charge in [-0.25, -0.2) is 4.98 Å². The van der Waals surface area contributed by atoms with Gasteiger partial charge in [-0.15, -0.1) is 0 Å². The summed E-state index contributed by atoms with van der Waals surface area (Å²) in [5.41, 5.74) is 1.29. The molecule has 0 aliphatic rings. The minimum Gasteiger partial charge on any atom is -0.495 e. The van der Waals surface area contributed by atoms with Gasteiger partial charge in [0.05, 0.1) is 13.3 Å². The van der Waals surface area contributed by atoms with Gasteiger partial charge in [0, 0.05) is 0 Å². The number of hydrogen-bond acceptors (Lipinski definition) is 3. The molecular weight excluding hydrogens is 164 g/mol. The van der Waals surface area contributed by atoms with Crippen LogP contribution in [0.4, 0.5) is 0 Å². The third kappa shape index (κ3) is 3.12. The van der Waals surface area contributed by atoms with Crippen LogP contribution in [0, 0.1) is 18.3 Å². The topological polar surface area (TPSA) is 45.9 Å². The molecule has 1 aromatic heterocycles. The Balaban J connectivity index is 0.000000671. The molecule has 1 aromatic rings. The second-order valence-electron chi connectivity index (χ2n) is 2.15. The summed E-state index contributed by atoms with van der Waals surface area (Å²) in [4.78, 5) is 3.88. The van der Waals surface area contributed by atoms with E-state index in [1.54, 1.807) is 13.2 Å². The third-order valence-electron chi connectivity index (χ3n) is 1.39. The maximum absolute atomic E-state index is 8.53. The Bertz CT molecular complexity index is 302. The van der Waals surface area contributed by atoms with Crippen LogP contribution in [0.1, 0.15) is 25.1 Å². The van der Waals surface area contributed by atoms with E-state index < -0.39 is 0 Å². The molecule has 13 heavy (non-hydrogen) atoms. The van der Waals surface area contributed by atoms with Crippen LogP contribution in [0.25, 0.3) is 0 Å². The smallest absolute Gasteiger partial charge is 0.143 e. The highest BCUT2D eigenvalue weighted by molar-refractivity contribution is 5.34. The van der Waals surface area contributed by atoms with Gasteiger partial charge in [0.1, 0.15) is 17.5 Å². The number of aromatic nitrogens is 1. The van der Waals surface area contributed by atoms with Crippen LogP contribution in [-0.4, -0.2) is 12.1 Å². The number of nitriles is 1. The van der Waals surface area contributed by atoms with Gasteiger partial charge in [-0.1, -0.05) is 13.8 Å². The second-order valence-corrected chi connectivity index (χ2v) is 2.15. The summed E-state index contributed by atoms with van der Waals surface area (Å²) in [6, 6.07) is 3.76. The summed E-state index contributed by atoms with van der Waals surface area (Å²) in [5, 5.41) is 8.53. The van der Waals surface area contributed by atoms with Gasteiger partial charge in [0.2, 0.25) is 0 Å². The average molecular weight is 178 g/mol. The van der Waals surface area contributed by atoms with Crippen LogP contribution < -0.4 is 4.74 Å². The first-order chi connectivity index (χ1) is 6.27. The molecule has 0 spiro atoms. The largest absolute Gasteiger partial charge is 0.495 e. The molecule has 0 N–H and O–H groups in total. The molecule has 0 aliphatic carbocycles. The Morgan fingerprint density at radius 1 is 1.46 bits per heavy atom. The Hall–Kier alpha value is -1.56. The van der Waals surface area contributed by atoms with Crippen LogP contribution in [0.5, 0.6) is 5.75 Å². The molecule has 3 heteroatoms. The van der Waals surface area contributed by atoms with Crippen molar-refractivity contribution in [2.45, 2.75) is 20.8 Å². The molecule has 0 radical (unpaired) electrons. The molecular formula is C10H14N2O. The number of methoxy groups -OCH3 is 1. The molecule has 0 saturated carbocycles. The molecule has 1 heterocycles. The third-order valence-corrected chi connectivity index (χ3v) is 1.39. The maximum atomic E-state index is 8.53. The standard InChI is InChI=1S/C8H8N2O.C2H6/c1-6-3-7(11-2)5-10-8(6)4-9;1-2/h3,5H,1-2H3;1-2H3. The van der Waals surface area contributed by atoms with Gasteiger partial charge in [-0.3, -0.25) is 0 Å². The van der Waals surface area contributed by atoms with E-state index in [2.05, 4.69) is 4.98 Å². The molecule has 0 bridgehead atoms. The highest BCUT2D eigenvalue weighted by atomic mass is 16.5. The van der Waals surface area contributed by atoms with Gasteiger partial charge in [0.25, 0.3) is 0 Å². The highest BCUT2D eigenvalue weighted by Crippen LogP contribution is 2.12. The second kappa shape index (κ2) is 6.01. The van der Waals surface area contributed by atoms with Crippen molar-refractivity contribution in [2.75, 3.05) is 7.11 Å². The van der Waals surface area contributed by atoms with Crippen molar-refractivity contribution in [1.29, 1.82) is 5.26 Å². The summed E-state index contributed by atoms with van der Waals surface area (Å²) in [6.07, 6.45) is 1.53. The van der Waals surface area contributed by atoms with Gasteiger partial charge in [-0.05, 0) is 18.6 Å². The fraction of sp³-hybridized carbons (Fsp3) is 0.400. The van der Waals surface area contributed by atoms with Gasteiger partial charge >= 0.3 is 0 Å². The monoisotopic (exact) mass is 178 g/mol. The molecule has 0 aliphatic heterocycles. The van der Waals surface area contributed by atoms with E-state index in [1.807, 2.05) is 26.8 Å². The van der Waals surface area contributed by atoms with E-state index >= 15 is 0 Å². The van der Waals surface area contributed by atoms with Crippen LogP contribution in [-0.2, 0) is 0 Å². The fourth-order valence-electron chi connectivity index (χ4n) is 0.778. The molecule has 1 rings (SSSR count). The first kappa shape index (κ1) is 11.4. The van der Waals surface area contributed by atoms with Gasteiger partial charge < -0.3 is 4.74 Å². The lowest BCUT2D eigenvalue weighted by Crippen LogP contribution is -1.90. The molecule has 0 atom stereocenters. The lowest BCUT2D eigenvalue weighted by Gasteiger charge is -1.99. The van der Waals surface area contributed by atoms with Crippen LogP contribution >= 0.6 is 0 Å². The molecule has 0 aromatic carbocycles. The number of hydrogen-bond donors (Lipinski definition) is 0. The van der Waals surface area contributed by atoms with E-state index in [0.717, 1.165) is 5.56 Å². The van der Waals surface area contributed by atoms with Crippen LogP contribution in [0.15, 0.2) is 12.3 Å². The Morgan fingerprint density at radius 3 is 2.46 bits per heavy atom. The maximum Gasteiger partial charge on any atom is 0.143 e. The van der Waals surface area contributed by atoms with E-state index in [4.69, 9.17) is 10.00 Å². The van der Waals surface area contributed by atoms with Crippen LogP contribution in [0.2, 0.25) is 0 Å². The van der Waals surface area contributed by atoms with Crippen molar-refractivity contribution in [3.05, 3.63) is 23.5 Å². The van der Waals surface area contributed by atoms with E-state index in [0.29, 0.717) is 11.4 Å². The number of aryl methyl sites for hydroxylation is 1.